The molecule has 1 atom stereocenters. The first-order valence-electron chi connectivity index (χ1n) is 8.58. The average Bonchev–Trinajstić information content (AvgIpc) is 3.41. The van der Waals surface area contributed by atoms with Crippen LogP contribution in [0.15, 0.2) is 42.7 Å². The molecular weight excluding hydrogens is 401 g/mol. The van der Waals surface area contributed by atoms with Crippen LogP contribution in [0.4, 0.5) is 15.3 Å². The third-order valence-electron chi connectivity index (χ3n) is 4.18. The van der Waals surface area contributed by atoms with Crippen LogP contribution in [0, 0.1) is 12.7 Å². The highest BCUT2D eigenvalue weighted by atomic mass is 35.5. The molecule has 0 aliphatic carbocycles. The van der Waals surface area contributed by atoms with Crippen molar-refractivity contribution in [2.75, 3.05) is 5.32 Å². The number of benzene rings is 1. The predicted molar refractivity (Wildman–Crippen MR) is 107 cm³/mol. The second-order valence-electron chi connectivity index (χ2n) is 6.30. The number of hydrogen-bond acceptors (Lipinski definition) is 6. The molecule has 1 unspecified atom stereocenters. The third kappa shape index (κ3) is 3.90. The van der Waals surface area contributed by atoms with Gasteiger partial charge in [0.05, 0.1) is 17.3 Å². The minimum absolute atomic E-state index is 0.00916. The van der Waals surface area contributed by atoms with Crippen molar-refractivity contribution in [1.82, 2.24) is 29.8 Å². The zero-order chi connectivity index (χ0) is 19.7. The Morgan fingerprint density at radius 2 is 2.04 bits per heavy atom. The lowest BCUT2D eigenvalue weighted by atomic mass is 10.2. The van der Waals surface area contributed by atoms with Gasteiger partial charge >= 0.3 is 0 Å². The fourth-order valence-electron chi connectivity index (χ4n) is 2.69. The van der Waals surface area contributed by atoms with Crippen LogP contribution in [0.2, 0.25) is 5.02 Å². The van der Waals surface area contributed by atoms with Crippen molar-refractivity contribution in [2.45, 2.75) is 26.4 Å². The molecule has 0 aliphatic heterocycles. The van der Waals surface area contributed by atoms with Crippen LogP contribution < -0.4 is 5.32 Å². The molecule has 0 saturated carbocycles. The van der Waals surface area contributed by atoms with Crippen LogP contribution in [-0.2, 0) is 6.54 Å². The standard InChI is InChI=1S/C18H17ClFN7S/c1-11-6-9-27(24-11)12(2)17-22-23-18(28-17)21-15-7-8-26(25-15)10-13-4-3-5-14(19)16(13)20/h3-9,12H,10H2,1-2H3,(H,21,23,25). The number of halogens is 2. The Kier molecular flexibility index (Phi) is 5.10. The number of aromatic nitrogens is 6. The first-order valence-corrected chi connectivity index (χ1v) is 9.77. The number of aryl methyl sites for hydroxylation is 1. The highest BCUT2D eigenvalue weighted by molar-refractivity contribution is 7.15. The van der Waals surface area contributed by atoms with Crippen molar-refractivity contribution in [1.29, 1.82) is 0 Å². The maximum absolute atomic E-state index is 14.0. The average molecular weight is 418 g/mol. The van der Waals surface area contributed by atoms with Gasteiger partial charge in [-0.3, -0.25) is 9.36 Å². The highest BCUT2D eigenvalue weighted by Gasteiger charge is 2.15. The summed E-state index contributed by atoms with van der Waals surface area (Å²) in [6, 6.07) is 8.66. The molecule has 1 aromatic carbocycles. The largest absolute Gasteiger partial charge is 0.313 e. The van der Waals surface area contributed by atoms with E-state index in [2.05, 4.69) is 25.7 Å². The summed E-state index contributed by atoms with van der Waals surface area (Å²) in [5, 5.41) is 21.9. The monoisotopic (exact) mass is 417 g/mol. The van der Waals surface area contributed by atoms with E-state index in [-0.39, 0.29) is 17.6 Å². The van der Waals surface area contributed by atoms with E-state index in [0.717, 1.165) is 10.7 Å². The van der Waals surface area contributed by atoms with Crippen molar-refractivity contribution >= 4 is 33.9 Å². The Balaban J connectivity index is 1.44. The van der Waals surface area contributed by atoms with Crippen molar-refractivity contribution in [3.8, 4) is 0 Å². The summed E-state index contributed by atoms with van der Waals surface area (Å²) < 4.78 is 17.5. The summed E-state index contributed by atoms with van der Waals surface area (Å²) in [7, 11) is 0. The van der Waals surface area contributed by atoms with E-state index >= 15 is 0 Å². The van der Waals surface area contributed by atoms with E-state index in [1.165, 1.54) is 17.4 Å². The quantitative estimate of drug-likeness (QED) is 0.502. The van der Waals surface area contributed by atoms with Crippen molar-refractivity contribution in [3.05, 3.63) is 69.8 Å². The number of nitrogens with zero attached hydrogens (tertiary/aromatic N) is 6. The van der Waals surface area contributed by atoms with Gasteiger partial charge in [0.15, 0.2) is 5.82 Å². The fraction of sp³-hybridized carbons (Fsp3) is 0.222. The first-order chi connectivity index (χ1) is 13.5. The molecule has 3 heterocycles. The van der Waals surface area contributed by atoms with Gasteiger partial charge in [0.1, 0.15) is 16.9 Å². The number of anilines is 2. The lowest BCUT2D eigenvalue weighted by molar-refractivity contribution is 0.554. The molecule has 0 aliphatic rings. The molecule has 0 radical (unpaired) electrons. The number of hydrogen-bond donors (Lipinski definition) is 1. The van der Waals surface area contributed by atoms with Gasteiger partial charge in [-0.25, -0.2) is 4.39 Å². The molecule has 28 heavy (non-hydrogen) atoms. The molecule has 144 valence electrons. The van der Waals surface area contributed by atoms with Crippen LogP contribution in [0.1, 0.15) is 29.2 Å². The maximum atomic E-state index is 14.0. The molecule has 7 nitrogen and oxygen atoms in total. The van der Waals surface area contributed by atoms with Crippen LogP contribution in [0.5, 0.6) is 0 Å². The van der Waals surface area contributed by atoms with Gasteiger partial charge < -0.3 is 5.32 Å². The molecule has 4 rings (SSSR count). The lowest BCUT2D eigenvalue weighted by Gasteiger charge is -2.07. The first kappa shape index (κ1) is 18.6. The van der Waals surface area contributed by atoms with Crippen molar-refractivity contribution in [3.63, 3.8) is 0 Å². The fourth-order valence-corrected chi connectivity index (χ4v) is 3.68. The molecule has 0 saturated heterocycles. The zero-order valence-corrected chi connectivity index (χ0v) is 16.7. The van der Waals surface area contributed by atoms with Gasteiger partial charge in [-0.2, -0.15) is 10.2 Å². The van der Waals surface area contributed by atoms with E-state index < -0.39 is 5.82 Å². The molecule has 3 aromatic heterocycles. The summed E-state index contributed by atoms with van der Waals surface area (Å²) in [4.78, 5) is 0. The van der Waals surface area contributed by atoms with E-state index in [0.29, 0.717) is 16.5 Å². The minimum atomic E-state index is -0.425. The number of nitrogens with one attached hydrogen (secondary N) is 1. The van der Waals surface area contributed by atoms with E-state index in [1.807, 2.05) is 30.8 Å². The Morgan fingerprint density at radius 3 is 2.82 bits per heavy atom. The summed E-state index contributed by atoms with van der Waals surface area (Å²) in [6.07, 6.45) is 3.69. The van der Waals surface area contributed by atoms with Crippen LogP contribution in [-0.4, -0.2) is 29.8 Å². The lowest BCUT2D eigenvalue weighted by Crippen LogP contribution is -2.07. The topological polar surface area (TPSA) is 73.5 Å². The van der Waals surface area contributed by atoms with Crippen molar-refractivity contribution < 1.29 is 4.39 Å². The SMILES string of the molecule is Cc1ccn(C(C)c2nnc(Nc3ccn(Cc4cccc(Cl)c4F)n3)s2)n1. The van der Waals surface area contributed by atoms with Gasteiger partial charge in [-0.15, -0.1) is 10.2 Å². The maximum Gasteiger partial charge on any atom is 0.211 e. The van der Waals surface area contributed by atoms with Crippen LogP contribution in [0.25, 0.3) is 0 Å². The summed E-state index contributed by atoms with van der Waals surface area (Å²) >= 11 is 7.27. The van der Waals surface area contributed by atoms with E-state index in [4.69, 9.17) is 11.6 Å². The second-order valence-corrected chi connectivity index (χ2v) is 7.71. The van der Waals surface area contributed by atoms with E-state index in [9.17, 15) is 4.39 Å². The molecule has 0 bridgehead atoms. The van der Waals surface area contributed by atoms with Gasteiger partial charge in [0.2, 0.25) is 5.13 Å². The molecule has 0 amide bonds. The Bertz CT molecular complexity index is 1100. The van der Waals surface area contributed by atoms with Crippen LogP contribution >= 0.6 is 22.9 Å². The molecule has 4 aromatic rings. The van der Waals surface area contributed by atoms with Gasteiger partial charge in [0, 0.05) is 24.0 Å². The molecule has 10 heteroatoms. The summed E-state index contributed by atoms with van der Waals surface area (Å²) in [6.45, 7) is 4.25. The van der Waals surface area contributed by atoms with Gasteiger partial charge in [-0.05, 0) is 26.0 Å². The Morgan fingerprint density at radius 1 is 1.18 bits per heavy atom. The van der Waals surface area contributed by atoms with Gasteiger partial charge in [-0.1, -0.05) is 35.1 Å². The van der Waals surface area contributed by atoms with Gasteiger partial charge in [0.25, 0.3) is 0 Å². The third-order valence-corrected chi connectivity index (χ3v) is 5.48. The summed E-state index contributed by atoms with van der Waals surface area (Å²) in [5.74, 6) is 0.179. The molecule has 0 spiro atoms. The minimum Gasteiger partial charge on any atom is -0.313 e. The van der Waals surface area contributed by atoms with Crippen molar-refractivity contribution in [2.24, 2.45) is 0 Å². The highest BCUT2D eigenvalue weighted by Crippen LogP contribution is 2.26. The molecular formula is C18H17ClFN7S. The predicted octanol–water partition coefficient (Wildman–Crippen LogP) is 4.43. The number of rotatable bonds is 6. The Hall–Kier alpha value is -2.78. The van der Waals surface area contributed by atoms with Crippen LogP contribution in [0.3, 0.4) is 0 Å². The Labute approximate surface area is 169 Å². The normalized spacial score (nSPS) is 12.3. The van der Waals surface area contributed by atoms with E-state index in [1.54, 1.807) is 29.1 Å². The summed E-state index contributed by atoms with van der Waals surface area (Å²) in [5.41, 5.74) is 1.43. The zero-order valence-electron chi connectivity index (χ0n) is 15.2. The smallest absolute Gasteiger partial charge is 0.211 e. The molecule has 0 fully saturated rings. The molecule has 1 N–H and O–H groups in total. The second kappa shape index (κ2) is 7.69.